The summed E-state index contributed by atoms with van der Waals surface area (Å²) in [6.45, 7) is 4.91. The molecule has 0 amide bonds. The van der Waals surface area contributed by atoms with Crippen molar-refractivity contribution in [1.29, 1.82) is 0 Å². The van der Waals surface area contributed by atoms with Gasteiger partial charge >= 0.3 is 0 Å². The van der Waals surface area contributed by atoms with Gasteiger partial charge in [-0.3, -0.25) is 4.90 Å². The Bertz CT molecular complexity index is 667. The lowest BCUT2D eigenvalue weighted by atomic mass is 9.84. The lowest BCUT2D eigenvalue weighted by Gasteiger charge is -2.39. The van der Waals surface area contributed by atoms with Gasteiger partial charge in [-0.25, -0.2) is 0 Å². The molecule has 0 aromatic heterocycles. The molecule has 1 aliphatic heterocycles. The van der Waals surface area contributed by atoms with E-state index in [2.05, 4.69) is 60.4 Å². The molecule has 2 aromatic rings. The number of likely N-dealkylation sites (tertiary alicyclic amines) is 1. The molecule has 4 rings (SSSR count). The van der Waals surface area contributed by atoms with Gasteiger partial charge in [-0.15, -0.1) is 0 Å². The standard InChI is InChI=1S/C22H27N/c1-17-12-14-23(15-13-17)22-16-20-8-3-2-6-18(20)10-11-19-7-4-5-9-21(19)22/h2-9,17,22H,10-16H2,1H3. The minimum atomic E-state index is 0.556. The molecule has 2 aliphatic rings. The summed E-state index contributed by atoms with van der Waals surface area (Å²) in [6.07, 6.45) is 6.22. The number of benzene rings is 2. The quantitative estimate of drug-likeness (QED) is 0.731. The highest BCUT2D eigenvalue weighted by Crippen LogP contribution is 2.34. The van der Waals surface area contributed by atoms with E-state index >= 15 is 0 Å². The smallest absolute Gasteiger partial charge is 0.0391 e. The third-order valence-electron chi connectivity index (χ3n) is 5.87. The van der Waals surface area contributed by atoms with Crippen molar-refractivity contribution >= 4 is 0 Å². The Morgan fingerprint density at radius 2 is 1.39 bits per heavy atom. The van der Waals surface area contributed by atoms with Crippen molar-refractivity contribution in [1.82, 2.24) is 4.90 Å². The Kier molecular flexibility index (Phi) is 4.22. The Morgan fingerprint density at radius 3 is 2.17 bits per heavy atom. The van der Waals surface area contributed by atoms with Gasteiger partial charge in [-0.2, -0.15) is 0 Å². The van der Waals surface area contributed by atoms with Crippen LogP contribution in [0.4, 0.5) is 0 Å². The number of rotatable bonds is 1. The molecule has 1 unspecified atom stereocenters. The molecule has 0 saturated carbocycles. The van der Waals surface area contributed by atoms with Crippen LogP contribution in [0, 0.1) is 5.92 Å². The minimum absolute atomic E-state index is 0.556. The molecule has 1 atom stereocenters. The summed E-state index contributed by atoms with van der Waals surface area (Å²) in [5.74, 6) is 0.891. The Labute approximate surface area is 140 Å². The highest BCUT2D eigenvalue weighted by atomic mass is 15.2. The first kappa shape index (κ1) is 15.0. The third-order valence-corrected chi connectivity index (χ3v) is 5.87. The summed E-state index contributed by atoms with van der Waals surface area (Å²) >= 11 is 0. The molecule has 1 nitrogen and oxygen atoms in total. The van der Waals surface area contributed by atoms with Crippen LogP contribution in [0.1, 0.15) is 48.1 Å². The topological polar surface area (TPSA) is 3.24 Å². The third kappa shape index (κ3) is 3.07. The maximum absolute atomic E-state index is 2.75. The lowest BCUT2D eigenvalue weighted by molar-refractivity contribution is 0.136. The van der Waals surface area contributed by atoms with Crippen molar-refractivity contribution in [3.05, 3.63) is 70.8 Å². The fourth-order valence-corrected chi connectivity index (χ4v) is 4.34. The maximum Gasteiger partial charge on any atom is 0.0391 e. The lowest BCUT2D eigenvalue weighted by Crippen LogP contribution is -2.38. The molecular weight excluding hydrogens is 278 g/mol. The average Bonchev–Trinajstić information content (AvgIpc) is 2.58. The van der Waals surface area contributed by atoms with E-state index in [-0.39, 0.29) is 0 Å². The van der Waals surface area contributed by atoms with Crippen molar-refractivity contribution < 1.29 is 0 Å². The molecule has 1 aliphatic carbocycles. The summed E-state index contributed by atoms with van der Waals surface area (Å²) in [6, 6.07) is 18.8. The highest BCUT2D eigenvalue weighted by Gasteiger charge is 2.28. The fourth-order valence-electron chi connectivity index (χ4n) is 4.34. The highest BCUT2D eigenvalue weighted by molar-refractivity contribution is 5.37. The first-order valence-corrected chi connectivity index (χ1v) is 9.20. The predicted octanol–water partition coefficient (Wildman–Crippen LogP) is 4.80. The summed E-state index contributed by atoms with van der Waals surface area (Å²) in [7, 11) is 0. The van der Waals surface area contributed by atoms with Gasteiger partial charge in [0.15, 0.2) is 0 Å². The molecule has 120 valence electrons. The van der Waals surface area contributed by atoms with E-state index in [1.54, 1.807) is 22.3 Å². The zero-order valence-corrected chi connectivity index (χ0v) is 14.2. The van der Waals surface area contributed by atoms with Crippen LogP contribution in [0.2, 0.25) is 0 Å². The summed E-state index contributed by atoms with van der Waals surface area (Å²) in [5, 5.41) is 0. The number of fused-ring (bicyclic) bond motifs is 2. The van der Waals surface area contributed by atoms with E-state index in [1.165, 1.54) is 45.2 Å². The van der Waals surface area contributed by atoms with Gasteiger partial charge in [0.05, 0.1) is 0 Å². The van der Waals surface area contributed by atoms with E-state index in [9.17, 15) is 0 Å². The predicted molar refractivity (Wildman–Crippen MR) is 96.7 cm³/mol. The van der Waals surface area contributed by atoms with E-state index < -0.39 is 0 Å². The zero-order chi connectivity index (χ0) is 15.6. The molecule has 0 radical (unpaired) electrons. The zero-order valence-electron chi connectivity index (χ0n) is 14.2. The van der Waals surface area contributed by atoms with Gasteiger partial charge in [-0.05, 0) is 73.4 Å². The molecule has 0 N–H and O–H groups in total. The van der Waals surface area contributed by atoms with Gasteiger partial charge in [0.1, 0.15) is 0 Å². The van der Waals surface area contributed by atoms with Crippen LogP contribution in [-0.2, 0) is 19.3 Å². The van der Waals surface area contributed by atoms with Crippen LogP contribution < -0.4 is 0 Å². The van der Waals surface area contributed by atoms with Crippen LogP contribution in [0.25, 0.3) is 0 Å². The average molecular weight is 305 g/mol. The van der Waals surface area contributed by atoms with E-state index in [1.807, 2.05) is 0 Å². The Hall–Kier alpha value is -1.60. The van der Waals surface area contributed by atoms with E-state index in [4.69, 9.17) is 0 Å². The van der Waals surface area contributed by atoms with Crippen LogP contribution in [0.5, 0.6) is 0 Å². The molecule has 1 saturated heterocycles. The van der Waals surface area contributed by atoms with Crippen LogP contribution in [-0.4, -0.2) is 18.0 Å². The Balaban J connectivity index is 1.71. The second kappa shape index (κ2) is 6.49. The number of piperidine rings is 1. The summed E-state index contributed by atoms with van der Waals surface area (Å²) in [5.41, 5.74) is 6.25. The van der Waals surface area contributed by atoms with E-state index in [0.717, 1.165) is 5.92 Å². The Morgan fingerprint density at radius 1 is 0.783 bits per heavy atom. The fraction of sp³-hybridized carbons (Fsp3) is 0.455. The maximum atomic E-state index is 2.75. The number of hydrogen-bond acceptors (Lipinski definition) is 1. The van der Waals surface area contributed by atoms with Crippen molar-refractivity contribution in [3.63, 3.8) is 0 Å². The largest absolute Gasteiger partial charge is 0.296 e. The SMILES string of the molecule is CC1CCN(C2Cc3ccccc3CCc3ccccc32)CC1. The van der Waals surface area contributed by atoms with Crippen LogP contribution in [0.15, 0.2) is 48.5 Å². The van der Waals surface area contributed by atoms with Crippen LogP contribution >= 0.6 is 0 Å². The molecule has 1 heterocycles. The van der Waals surface area contributed by atoms with Crippen molar-refractivity contribution in [2.75, 3.05) is 13.1 Å². The van der Waals surface area contributed by atoms with Crippen molar-refractivity contribution in [2.24, 2.45) is 5.92 Å². The number of aryl methyl sites for hydroxylation is 2. The second-order valence-electron chi connectivity index (χ2n) is 7.41. The first-order chi connectivity index (χ1) is 11.3. The van der Waals surface area contributed by atoms with Gasteiger partial charge < -0.3 is 0 Å². The van der Waals surface area contributed by atoms with Gasteiger partial charge in [0.2, 0.25) is 0 Å². The number of nitrogens with zero attached hydrogens (tertiary/aromatic N) is 1. The van der Waals surface area contributed by atoms with Crippen molar-refractivity contribution in [3.8, 4) is 0 Å². The molecule has 1 heteroatoms. The first-order valence-electron chi connectivity index (χ1n) is 9.20. The monoisotopic (exact) mass is 305 g/mol. The van der Waals surface area contributed by atoms with E-state index in [0.29, 0.717) is 6.04 Å². The summed E-state index contributed by atoms with van der Waals surface area (Å²) < 4.78 is 0. The van der Waals surface area contributed by atoms with Gasteiger partial charge in [0.25, 0.3) is 0 Å². The van der Waals surface area contributed by atoms with Crippen LogP contribution in [0.3, 0.4) is 0 Å². The summed E-state index contributed by atoms with van der Waals surface area (Å²) in [4.78, 5) is 2.75. The molecular formula is C22H27N. The normalized spacial score (nSPS) is 22.7. The van der Waals surface area contributed by atoms with Crippen molar-refractivity contribution in [2.45, 2.75) is 45.1 Å². The molecule has 2 aromatic carbocycles. The molecule has 23 heavy (non-hydrogen) atoms. The van der Waals surface area contributed by atoms with Gasteiger partial charge in [0, 0.05) is 6.04 Å². The number of hydrogen-bond donors (Lipinski definition) is 0. The van der Waals surface area contributed by atoms with Gasteiger partial charge in [-0.1, -0.05) is 55.5 Å². The molecule has 1 fully saturated rings. The molecule has 0 spiro atoms. The minimum Gasteiger partial charge on any atom is -0.296 e. The molecule has 0 bridgehead atoms. The second-order valence-corrected chi connectivity index (χ2v) is 7.41.